The molecule has 1 heterocycles. The summed E-state index contributed by atoms with van der Waals surface area (Å²) >= 11 is 0. The maximum atomic E-state index is 5.55. The molecule has 92 valence electrons. The Morgan fingerprint density at radius 2 is 1.71 bits per heavy atom. The van der Waals surface area contributed by atoms with E-state index in [9.17, 15) is 0 Å². The van der Waals surface area contributed by atoms with Crippen molar-refractivity contribution >= 4 is 5.82 Å². The summed E-state index contributed by atoms with van der Waals surface area (Å²) in [6.07, 6.45) is 9.11. The SMILES string of the molecule is Nc1cnc(CN(CC2CC2)CC2CC2)cn1. The first kappa shape index (κ1) is 11.0. The average molecular weight is 232 g/mol. The number of nitrogen functional groups attached to an aromatic ring is 1. The zero-order chi connectivity index (χ0) is 11.7. The molecular formula is C13H20N4. The van der Waals surface area contributed by atoms with E-state index >= 15 is 0 Å². The van der Waals surface area contributed by atoms with Gasteiger partial charge in [-0.05, 0) is 37.5 Å². The van der Waals surface area contributed by atoms with E-state index in [0.29, 0.717) is 5.82 Å². The van der Waals surface area contributed by atoms with Crippen LogP contribution in [-0.2, 0) is 6.54 Å². The summed E-state index contributed by atoms with van der Waals surface area (Å²) < 4.78 is 0. The minimum Gasteiger partial charge on any atom is -0.382 e. The molecule has 0 spiro atoms. The first-order valence-electron chi connectivity index (χ1n) is 6.58. The van der Waals surface area contributed by atoms with E-state index < -0.39 is 0 Å². The molecule has 2 fully saturated rings. The molecule has 0 amide bonds. The fraction of sp³-hybridized carbons (Fsp3) is 0.692. The summed E-state index contributed by atoms with van der Waals surface area (Å²) in [5.74, 6) is 2.38. The lowest BCUT2D eigenvalue weighted by Crippen LogP contribution is -2.28. The Morgan fingerprint density at radius 1 is 1.06 bits per heavy atom. The Kier molecular flexibility index (Phi) is 2.97. The van der Waals surface area contributed by atoms with E-state index in [1.165, 1.54) is 38.8 Å². The molecule has 0 radical (unpaired) electrons. The number of aromatic nitrogens is 2. The number of hydrogen-bond donors (Lipinski definition) is 1. The van der Waals surface area contributed by atoms with E-state index in [0.717, 1.165) is 24.1 Å². The van der Waals surface area contributed by atoms with E-state index in [2.05, 4.69) is 14.9 Å². The van der Waals surface area contributed by atoms with Gasteiger partial charge in [-0.25, -0.2) is 4.98 Å². The molecular weight excluding hydrogens is 212 g/mol. The van der Waals surface area contributed by atoms with Crippen molar-refractivity contribution in [3.05, 3.63) is 18.1 Å². The third-order valence-electron chi connectivity index (χ3n) is 3.54. The van der Waals surface area contributed by atoms with Gasteiger partial charge < -0.3 is 5.73 Å². The van der Waals surface area contributed by atoms with E-state index in [1.807, 2.05) is 6.20 Å². The highest BCUT2D eigenvalue weighted by atomic mass is 15.1. The molecule has 0 aromatic carbocycles. The summed E-state index contributed by atoms with van der Waals surface area (Å²) in [4.78, 5) is 11.0. The summed E-state index contributed by atoms with van der Waals surface area (Å²) in [6, 6.07) is 0. The quantitative estimate of drug-likeness (QED) is 0.810. The zero-order valence-electron chi connectivity index (χ0n) is 10.2. The van der Waals surface area contributed by atoms with Crippen LogP contribution in [0.2, 0.25) is 0 Å². The predicted octanol–water partition coefficient (Wildman–Crippen LogP) is 1.68. The van der Waals surface area contributed by atoms with Crippen LogP contribution < -0.4 is 5.73 Å². The first-order chi connectivity index (χ1) is 8.29. The first-order valence-corrected chi connectivity index (χ1v) is 6.58. The Labute approximate surface area is 102 Å². The van der Waals surface area contributed by atoms with Crippen LogP contribution in [-0.4, -0.2) is 28.0 Å². The molecule has 2 N–H and O–H groups in total. The van der Waals surface area contributed by atoms with Crippen molar-refractivity contribution in [2.75, 3.05) is 18.8 Å². The van der Waals surface area contributed by atoms with Crippen molar-refractivity contribution in [1.29, 1.82) is 0 Å². The highest BCUT2D eigenvalue weighted by molar-refractivity contribution is 5.22. The van der Waals surface area contributed by atoms with Crippen LogP contribution in [0.25, 0.3) is 0 Å². The van der Waals surface area contributed by atoms with Gasteiger partial charge in [0.1, 0.15) is 5.82 Å². The van der Waals surface area contributed by atoms with Gasteiger partial charge >= 0.3 is 0 Å². The smallest absolute Gasteiger partial charge is 0.141 e. The van der Waals surface area contributed by atoms with Crippen molar-refractivity contribution in [3.8, 4) is 0 Å². The third kappa shape index (κ3) is 3.40. The van der Waals surface area contributed by atoms with Gasteiger partial charge in [-0.1, -0.05) is 0 Å². The normalized spacial score (nSPS) is 19.8. The van der Waals surface area contributed by atoms with Crippen LogP contribution in [0, 0.1) is 11.8 Å². The molecule has 4 heteroatoms. The Bertz CT molecular complexity index is 354. The zero-order valence-corrected chi connectivity index (χ0v) is 10.2. The van der Waals surface area contributed by atoms with Crippen molar-refractivity contribution in [2.45, 2.75) is 32.2 Å². The third-order valence-corrected chi connectivity index (χ3v) is 3.54. The summed E-state index contributed by atoms with van der Waals surface area (Å²) in [5, 5.41) is 0. The van der Waals surface area contributed by atoms with Crippen molar-refractivity contribution in [3.63, 3.8) is 0 Å². The standard InChI is InChI=1S/C13H20N4/c14-13-6-15-12(5-16-13)9-17(7-10-1-2-10)8-11-3-4-11/h5-6,10-11H,1-4,7-9H2,(H2,14,16). The predicted molar refractivity (Wildman–Crippen MR) is 67.2 cm³/mol. The number of anilines is 1. The van der Waals surface area contributed by atoms with Gasteiger partial charge in [0.05, 0.1) is 18.1 Å². The molecule has 2 saturated carbocycles. The molecule has 0 unspecified atom stereocenters. The fourth-order valence-corrected chi connectivity index (χ4v) is 2.21. The average Bonchev–Trinajstić information content (AvgIpc) is 3.17. The monoisotopic (exact) mass is 232 g/mol. The molecule has 1 aromatic heterocycles. The van der Waals surface area contributed by atoms with Crippen LogP contribution in [0.5, 0.6) is 0 Å². The minimum absolute atomic E-state index is 0.504. The molecule has 2 aliphatic carbocycles. The van der Waals surface area contributed by atoms with Crippen LogP contribution in [0.4, 0.5) is 5.82 Å². The number of nitrogens with zero attached hydrogens (tertiary/aromatic N) is 3. The van der Waals surface area contributed by atoms with Crippen LogP contribution in [0.15, 0.2) is 12.4 Å². The number of hydrogen-bond acceptors (Lipinski definition) is 4. The molecule has 0 bridgehead atoms. The van der Waals surface area contributed by atoms with Gasteiger partial charge in [0.15, 0.2) is 0 Å². The second-order valence-corrected chi connectivity index (χ2v) is 5.51. The summed E-state index contributed by atoms with van der Waals surface area (Å²) in [7, 11) is 0. The second kappa shape index (κ2) is 4.61. The molecule has 0 saturated heterocycles. The highest BCUT2D eigenvalue weighted by Crippen LogP contribution is 2.34. The molecule has 0 aliphatic heterocycles. The van der Waals surface area contributed by atoms with Gasteiger partial charge in [0.25, 0.3) is 0 Å². The highest BCUT2D eigenvalue weighted by Gasteiger charge is 2.29. The van der Waals surface area contributed by atoms with E-state index in [-0.39, 0.29) is 0 Å². The van der Waals surface area contributed by atoms with Crippen molar-refractivity contribution < 1.29 is 0 Å². The molecule has 0 atom stereocenters. The van der Waals surface area contributed by atoms with Gasteiger partial charge in [0.2, 0.25) is 0 Å². The maximum absolute atomic E-state index is 5.55. The number of nitrogens with two attached hydrogens (primary N) is 1. The molecule has 4 nitrogen and oxygen atoms in total. The lowest BCUT2D eigenvalue weighted by molar-refractivity contribution is 0.241. The summed E-state index contributed by atoms with van der Waals surface area (Å²) in [6.45, 7) is 3.41. The van der Waals surface area contributed by atoms with Crippen molar-refractivity contribution in [2.24, 2.45) is 11.8 Å². The van der Waals surface area contributed by atoms with Crippen LogP contribution in [0.3, 0.4) is 0 Å². The second-order valence-electron chi connectivity index (χ2n) is 5.51. The molecule has 17 heavy (non-hydrogen) atoms. The van der Waals surface area contributed by atoms with E-state index in [1.54, 1.807) is 6.20 Å². The molecule has 1 aromatic rings. The van der Waals surface area contributed by atoms with Gasteiger partial charge in [0, 0.05) is 19.6 Å². The van der Waals surface area contributed by atoms with Crippen molar-refractivity contribution in [1.82, 2.24) is 14.9 Å². The Balaban J connectivity index is 1.58. The van der Waals surface area contributed by atoms with Gasteiger partial charge in [-0.15, -0.1) is 0 Å². The lowest BCUT2D eigenvalue weighted by Gasteiger charge is -2.21. The largest absolute Gasteiger partial charge is 0.382 e. The summed E-state index contributed by atoms with van der Waals surface area (Å²) in [5.41, 5.74) is 6.59. The van der Waals surface area contributed by atoms with Crippen LogP contribution >= 0.6 is 0 Å². The lowest BCUT2D eigenvalue weighted by atomic mass is 10.3. The Morgan fingerprint density at radius 3 is 2.18 bits per heavy atom. The molecule has 2 aliphatic rings. The van der Waals surface area contributed by atoms with Gasteiger partial charge in [-0.2, -0.15) is 0 Å². The number of rotatable bonds is 6. The maximum Gasteiger partial charge on any atom is 0.141 e. The molecule has 3 rings (SSSR count). The fourth-order valence-electron chi connectivity index (χ4n) is 2.21. The Hall–Kier alpha value is -1.16. The van der Waals surface area contributed by atoms with Crippen LogP contribution in [0.1, 0.15) is 31.4 Å². The minimum atomic E-state index is 0.504. The topological polar surface area (TPSA) is 55.0 Å². The van der Waals surface area contributed by atoms with Gasteiger partial charge in [-0.3, -0.25) is 9.88 Å². The van der Waals surface area contributed by atoms with E-state index in [4.69, 9.17) is 5.73 Å².